The molecule has 2 rings (SSSR count). The van der Waals surface area contributed by atoms with Crippen LogP contribution < -0.4 is 4.74 Å². The number of nitrogens with zero attached hydrogens (tertiary/aromatic N) is 1. The lowest BCUT2D eigenvalue weighted by Crippen LogP contribution is -2.24. The first-order valence-electron chi connectivity index (χ1n) is 6.51. The largest absolute Gasteiger partial charge is 0.496 e. The van der Waals surface area contributed by atoms with Crippen LogP contribution >= 0.6 is 0 Å². The highest BCUT2D eigenvalue weighted by atomic mass is 16.5. The summed E-state index contributed by atoms with van der Waals surface area (Å²) in [5.41, 5.74) is 3.55. The molecule has 0 radical (unpaired) electrons. The fraction of sp³-hybridized carbons (Fsp3) is 0.533. The van der Waals surface area contributed by atoms with Crippen LogP contribution in [0.15, 0.2) is 12.1 Å². The van der Waals surface area contributed by atoms with Crippen molar-refractivity contribution in [1.82, 2.24) is 4.90 Å². The van der Waals surface area contributed by atoms with Gasteiger partial charge in [-0.25, -0.2) is 0 Å². The summed E-state index contributed by atoms with van der Waals surface area (Å²) in [5, 5.41) is 8.97. The van der Waals surface area contributed by atoms with Gasteiger partial charge < -0.3 is 9.84 Å². The Balaban J connectivity index is 2.11. The van der Waals surface area contributed by atoms with Crippen molar-refractivity contribution in [3.8, 4) is 5.75 Å². The van der Waals surface area contributed by atoms with Gasteiger partial charge in [-0.2, -0.15) is 0 Å². The van der Waals surface area contributed by atoms with Crippen LogP contribution in [0.2, 0.25) is 0 Å². The molecule has 0 aromatic heterocycles. The SMILES string of the molecule is COc1cc(C)c(C)cc1CN(C)C1CC1C(=O)O. The molecule has 0 heterocycles. The average molecular weight is 263 g/mol. The molecule has 1 N–H and O–H groups in total. The lowest BCUT2D eigenvalue weighted by atomic mass is 10.0. The Hall–Kier alpha value is -1.55. The molecule has 2 unspecified atom stereocenters. The number of aryl methyl sites for hydroxylation is 2. The van der Waals surface area contributed by atoms with Gasteiger partial charge in [-0.15, -0.1) is 0 Å². The van der Waals surface area contributed by atoms with Crippen LogP contribution in [0, 0.1) is 19.8 Å². The zero-order valence-corrected chi connectivity index (χ0v) is 11.9. The molecule has 1 saturated carbocycles. The predicted octanol–water partition coefficient (Wildman–Crippen LogP) is 2.22. The van der Waals surface area contributed by atoms with Crippen LogP contribution in [0.5, 0.6) is 5.75 Å². The third kappa shape index (κ3) is 2.89. The Labute approximate surface area is 114 Å². The number of carboxylic acid groups (broad SMARTS) is 1. The number of carbonyl (C=O) groups is 1. The molecule has 1 aromatic rings. The summed E-state index contributed by atoms with van der Waals surface area (Å²) in [5.74, 6) is -0.0195. The summed E-state index contributed by atoms with van der Waals surface area (Å²) in [7, 11) is 3.65. The fourth-order valence-corrected chi connectivity index (χ4v) is 2.48. The van der Waals surface area contributed by atoms with Gasteiger partial charge in [0.2, 0.25) is 0 Å². The number of benzene rings is 1. The Morgan fingerprint density at radius 3 is 2.58 bits per heavy atom. The van der Waals surface area contributed by atoms with Gasteiger partial charge >= 0.3 is 5.97 Å². The van der Waals surface area contributed by atoms with Gasteiger partial charge in [0.25, 0.3) is 0 Å². The highest BCUT2D eigenvalue weighted by Crippen LogP contribution is 2.36. The molecule has 1 fully saturated rings. The maximum absolute atomic E-state index is 10.9. The lowest BCUT2D eigenvalue weighted by molar-refractivity contribution is -0.138. The molecule has 104 valence electrons. The standard InChI is InChI=1S/C15H21NO3/c1-9-5-11(14(19-4)6-10(9)2)8-16(3)13-7-12(13)15(17)18/h5-6,12-13H,7-8H2,1-4H3,(H,17,18). The number of hydrogen-bond acceptors (Lipinski definition) is 3. The van der Waals surface area contributed by atoms with Crippen LogP contribution in [0.3, 0.4) is 0 Å². The van der Waals surface area contributed by atoms with E-state index in [1.54, 1.807) is 7.11 Å². The van der Waals surface area contributed by atoms with E-state index in [9.17, 15) is 4.79 Å². The van der Waals surface area contributed by atoms with Crippen LogP contribution in [0.25, 0.3) is 0 Å². The number of carboxylic acids is 1. The van der Waals surface area contributed by atoms with E-state index in [0.29, 0.717) is 0 Å². The van der Waals surface area contributed by atoms with E-state index in [1.807, 2.05) is 13.1 Å². The van der Waals surface area contributed by atoms with E-state index in [1.165, 1.54) is 11.1 Å². The minimum absolute atomic E-state index is 0.156. The lowest BCUT2D eigenvalue weighted by Gasteiger charge is -2.19. The van der Waals surface area contributed by atoms with E-state index in [-0.39, 0.29) is 12.0 Å². The van der Waals surface area contributed by atoms with Crippen molar-refractivity contribution in [3.05, 3.63) is 28.8 Å². The van der Waals surface area contributed by atoms with Crippen molar-refractivity contribution in [2.24, 2.45) is 5.92 Å². The first-order valence-corrected chi connectivity index (χ1v) is 6.51. The topological polar surface area (TPSA) is 49.8 Å². The summed E-state index contributed by atoms with van der Waals surface area (Å²) in [6.07, 6.45) is 0.749. The highest BCUT2D eigenvalue weighted by molar-refractivity contribution is 5.74. The van der Waals surface area contributed by atoms with Gasteiger partial charge in [0.05, 0.1) is 13.0 Å². The van der Waals surface area contributed by atoms with Gasteiger partial charge in [-0.05, 0) is 44.5 Å². The van der Waals surface area contributed by atoms with E-state index >= 15 is 0 Å². The van der Waals surface area contributed by atoms with E-state index in [0.717, 1.165) is 24.3 Å². The minimum atomic E-state index is -0.691. The van der Waals surface area contributed by atoms with Crippen LogP contribution in [-0.2, 0) is 11.3 Å². The number of aliphatic carboxylic acids is 1. The van der Waals surface area contributed by atoms with Gasteiger partial charge in [-0.1, -0.05) is 6.07 Å². The average Bonchev–Trinajstić information content (AvgIpc) is 3.13. The Kier molecular flexibility index (Phi) is 3.80. The summed E-state index contributed by atoms with van der Waals surface area (Å²) >= 11 is 0. The smallest absolute Gasteiger partial charge is 0.308 e. The summed E-state index contributed by atoms with van der Waals surface area (Å²) in [6, 6.07) is 4.33. The van der Waals surface area contributed by atoms with E-state index < -0.39 is 5.97 Å². The van der Waals surface area contributed by atoms with Crippen LogP contribution in [-0.4, -0.2) is 36.2 Å². The molecule has 1 aliphatic rings. The first kappa shape index (κ1) is 13.9. The molecule has 0 spiro atoms. The van der Waals surface area contributed by atoms with Crippen molar-refractivity contribution in [3.63, 3.8) is 0 Å². The van der Waals surface area contributed by atoms with Gasteiger partial charge in [-0.3, -0.25) is 9.69 Å². The normalized spacial score (nSPS) is 21.5. The van der Waals surface area contributed by atoms with Crippen LogP contribution in [0.1, 0.15) is 23.1 Å². The third-order valence-electron chi connectivity index (χ3n) is 3.96. The third-order valence-corrected chi connectivity index (χ3v) is 3.96. The van der Waals surface area contributed by atoms with Crippen molar-refractivity contribution >= 4 is 5.97 Å². The zero-order valence-electron chi connectivity index (χ0n) is 11.9. The number of methoxy groups -OCH3 is 1. The van der Waals surface area contributed by atoms with Crippen molar-refractivity contribution in [2.45, 2.75) is 32.9 Å². The summed E-state index contributed by atoms with van der Waals surface area (Å²) in [6.45, 7) is 4.86. The summed E-state index contributed by atoms with van der Waals surface area (Å²) < 4.78 is 5.41. The molecular formula is C15H21NO3. The fourth-order valence-electron chi connectivity index (χ4n) is 2.48. The van der Waals surface area contributed by atoms with Crippen molar-refractivity contribution < 1.29 is 14.6 Å². The van der Waals surface area contributed by atoms with Gasteiger partial charge in [0, 0.05) is 18.2 Å². The van der Waals surface area contributed by atoms with Crippen molar-refractivity contribution in [1.29, 1.82) is 0 Å². The second kappa shape index (κ2) is 5.21. The molecule has 4 nitrogen and oxygen atoms in total. The van der Waals surface area contributed by atoms with E-state index in [2.05, 4.69) is 24.8 Å². The molecule has 1 aromatic carbocycles. The van der Waals surface area contributed by atoms with E-state index in [4.69, 9.17) is 9.84 Å². The van der Waals surface area contributed by atoms with Gasteiger partial charge in [0.1, 0.15) is 5.75 Å². The number of rotatable bonds is 5. The zero-order chi connectivity index (χ0) is 14.2. The molecule has 4 heteroatoms. The first-order chi connectivity index (χ1) is 8.93. The molecule has 0 bridgehead atoms. The predicted molar refractivity (Wildman–Crippen MR) is 73.5 cm³/mol. The molecule has 0 saturated heterocycles. The Bertz CT molecular complexity index is 498. The highest BCUT2D eigenvalue weighted by Gasteiger charge is 2.45. The summed E-state index contributed by atoms with van der Waals surface area (Å²) in [4.78, 5) is 13.0. The minimum Gasteiger partial charge on any atom is -0.496 e. The van der Waals surface area contributed by atoms with Crippen LogP contribution in [0.4, 0.5) is 0 Å². The number of hydrogen-bond donors (Lipinski definition) is 1. The second-order valence-electron chi connectivity index (χ2n) is 5.41. The monoisotopic (exact) mass is 263 g/mol. The quantitative estimate of drug-likeness (QED) is 0.885. The maximum atomic E-state index is 10.9. The molecule has 0 aliphatic heterocycles. The molecule has 2 atom stereocenters. The number of ether oxygens (including phenoxy) is 1. The molecule has 1 aliphatic carbocycles. The van der Waals surface area contributed by atoms with Crippen molar-refractivity contribution in [2.75, 3.05) is 14.2 Å². The Morgan fingerprint density at radius 1 is 1.42 bits per heavy atom. The second-order valence-corrected chi connectivity index (χ2v) is 5.41. The molecule has 0 amide bonds. The van der Waals surface area contributed by atoms with Gasteiger partial charge in [0.15, 0.2) is 0 Å². The Morgan fingerprint density at radius 2 is 2.05 bits per heavy atom. The molecule has 19 heavy (non-hydrogen) atoms. The molecular weight excluding hydrogens is 242 g/mol. The maximum Gasteiger partial charge on any atom is 0.308 e.